The van der Waals surface area contributed by atoms with Crippen molar-refractivity contribution in [3.63, 3.8) is 0 Å². The highest BCUT2D eigenvalue weighted by atomic mass is 16.9. The monoisotopic (exact) mass is 124 g/mol. The second kappa shape index (κ2) is 9.93. The molecule has 0 bridgehead atoms. The van der Waals surface area contributed by atoms with Crippen LogP contribution in [0.1, 0.15) is 20.3 Å². The molecule has 0 aromatic heterocycles. The standard InChI is InChI=1S/C3H8.H4N2O3/c1-3-2;3-1-2(4)5/h3H2,1-2H3;1,3-5H. The summed E-state index contributed by atoms with van der Waals surface area (Å²) >= 11 is 0. The van der Waals surface area contributed by atoms with Crippen molar-refractivity contribution in [1.29, 1.82) is 0 Å². The van der Waals surface area contributed by atoms with Gasteiger partial charge in [-0.25, -0.2) is 0 Å². The molecule has 0 amide bonds. The van der Waals surface area contributed by atoms with Crippen LogP contribution in [0.2, 0.25) is 0 Å². The van der Waals surface area contributed by atoms with E-state index in [1.54, 1.807) is 0 Å². The minimum atomic E-state index is -0.569. The molecule has 8 heavy (non-hydrogen) atoms. The Morgan fingerprint density at radius 3 is 1.50 bits per heavy atom. The first kappa shape index (κ1) is 10.7. The minimum absolute atomic E-state index is 0.569. The van der Waals surface area contributed by atoms with Crippen molar-refractivity contribution < 1.29 is 15.6 Å². The summed E-state index contributed by atoms with van der Waals surface area (Å²) in [5, 5.41) is 21.5. The van der Waals surface area contributed by atoms with Crippen LogP contribution < -0.4 is 5.59 Å². The molecule has 0 aromatic rings. The van der Waals surface area contributed by atoms with E-state index in [0.29, 0.717) is 0 Å². The van der Waals surface area contributed by atoms with Crippen LogP contribution in [-0.4, -0.2) is 21.0 Å². The first-order valence-corrected chi connectivity index (χ1v) is 2.26. The van der Waals surface area contributed by atoms with Gasteiger partial charge in [-0.15, -0.1) is 0 Å². The Bertz CT molecular complexity index is 33.7. The van der Waals surface area contributed by atoms with Gasteiger partial charge >= 0.3 is 0 Å². The van der Waals surface area contributed by atoms with Crippen molar-refractivity contribution in [2.45, 2.75) is 20.3 Å². The second-order valence-corrected chi connectivity index (χ2v) is 1.10. The lowest BCUT2D eigenvalue weighted by molar-refractivity contribution is -0.387. The Morgan fingerprint density at radius 2 is 1.50 bits per heavy atom. The van der Waals surface area contributed by atoms with Gasteiger partial charge < -0.3 is 0 Å². The molecule has 0 saturated carbocycles. The summed E-state index contributed by atoms with van der Waals surface area (Å²) in [5.41, 5.74) is 0.972. The van der Waals surface area contributed by atoms with Gasteiger partial charge in [0.15, 0.2) is 0 Å². The maximum Gasteiger partial charge on any atom is 0.0298 e. The molecule has 0 radical (unpaired) electrons. The summed E-state index contributed by atoms with van der Waals surface area (Å²) in [6, 6.07) is 0. The van der Waals surface area contributed by atoms with E-state index in [4.69, 9.17) is 15.6 Å². The molecule has 0 aliphatic carbocycles. The highest BCUT2D eigenvalue weighted by Crippen LogP contribution is 1.56. The van der Waals surface area contributed by atoms with E-state index in [9.17, 15) is 0 Å². The van der Waals surface area contributed by atoms with Crippen molar-refractivity contribution in [1.82, 2.24) is 10.9 Å². The molecule has 5 heteroatoms. The fourth-order valence-electron chi connectivity index (χ4n) is 0. The number of nitrogens with one attached hydrogen (secondary N) is 1. The summed E-state index contributed by atoms with van der Waals surface area (Å²) in [7, 11) is 0. The zero-order valence-corrected chi connectivity index (χ0v) is 5.00. The molecule has 0 aliphatic heterocycles. The van der Waals surface area contributed by atoms with E-state index >= 15 is 0 Å². The van der Waals surface area contributed by atoms with Gasteiger partial charge in [0.2, 0.25) is 0 Å². The number of rotatable bonds is 1. The molecule has 0 aromatic carbocycles. The van der Waals surface area contributed by atoms with Crippen LogP contribution in [0.3, 0.4) is 0 Å². The van der Waals surface area contributed by atoms with Crippen molar-refractivity contribution >= 4 is 0 Å². The largest absolute Gasteiger partial charge is 0.298 e. The molecule has 0 unspecified atom stereocenters. The SMILES string of the molecule is CCC.ONN(O)O. The quantitative estimate of drug-likeness (QED) is 0.380. The topological polar surface area (TPSA) is 76.0 Å². The fourth-order valence-corrected chi connectivity index (χ4v) is 0. The maximum absolute atomic E-state index is 7.39. The van der Waals surface area contributed by atoms with Gasteiger partial charge in [0.25, 0.3) is 0 Å². The molecule has 0 atom stereocenters. The Hall–Kier alpha value is -0.200. The van der Waals surface area contributed by atoms with Crippen LogP contribution in [0.25, 0.3) is 0 Å². The van der Waals surface area contributed by atoms with E-state index in [2.05, 4.69) is 13.8 Å². The summed E-state index contributed by atoms with van der Waals surface area (Å²) in [4.78, 5) is 0. The van der Waals surface area contributed by atoms with E-state index in [1.165, 1.54) is 6.42 Å². The number of hydrazine groups is 1. The minimum Gasteiger partial charge on any atom is -0.298 e. The van der Waals surface area contributed by atoms with Gasteiger partial charge in [0.05, 0.1) is 0 Å². The Balaban J connectivity index is 0. The fraction of sp³-hybridized carbons (Fsp3) is 1.00. The molecule has 0 saturated heterocycles. The van der Waals surface area contributed by atoms with Crippen LogP contribution in [0, 0.1) is 0 Å². The molecule has 0 fully saturated rings. The van der Waals surface area contributed by atoms with Crippen molar-refractivity contribution in [2.24, 2.45) is 0 Å². The van der Waals surface area contributed by atoms with Crippen molar-refractivity contribution in [3.05, 3.63) is 0 Å². The van der Waals surface area contributed by atoms with Crippen molar-refractivity contribution in [3.8, 4) is 0 Å². The zero-order chi connectivity index (χ0) is 6.99. The normalized spacial score (nSPS) is 8.25. The van der Waals surface area contributed by atoms with Crippen molar-refractivity contribution in [2.75, 3.05) is 0 Å². The van der Waals surface area contributed by atoms with Gasteiger partial charge in [0, 0.05) is 5.34 Å². The van der Waals surface area contributed by atoms with Gasteiger partial charge in [-0.1, -0.05) is 25.9 Å². The molecular weight excluding hydrogens is 112 g/mol. The lowest BCUT2D eigenvalue weighted by Crippen LogP contribution is -2.27. The number of nitrogens with zero attached hydrogens (tertiary/aromatic N) is 1. The third-order valence-electron chi connectivity index (χ3n) is 0.0894. The van der Waals surface area contributed by atoms with E-state index in [0.717, 1.165) is 5.59 Å². The lowest BCUT2D eigenvalue weighted by Gasteiger charge is -1.95. The van der Waals surface area contributed by atoms with Gasteiger partial charge in [-0.05, 0) is 0 Å². The predicted octanol–water partition coefficient (Wildman–Crippen LogP) is 0.377. The zero-order valence-electron chi connectivity index (χ0n) is 5.00. The summed E-state index contributed by atoms with van der Waals surface area (Å²) in [6.45, 7) is 4.25. The number of hydrogen-bond acceptors (Lipinski definition) is 5. The molecule has 0 aliphatic rings. The summed E-state index contributed by atoms with van der Waals surface area (Å²) < 4.78 is 0. The van der Waals surface area contributed by atoms with E-state index in [-0.39, 0.29) is 0 Å². The van der Waals surface area contributed by atoms with E-state index in [1.807, 2.05) is 0 Å². The first-order valence-electron chi connectivity index (χ1n) is 2.26. The average molecular weight is 124 g/mol. The molecule has 5 nitrogen and oxygen atoms in total. The average Bonchev–Trinajstić information content (AvgIpc) is 1.69. The van der Waals surface area contributed by atoms with Gasteiger partial charge in [0.1, 0.15) is 0 Å². The van der Waals surface area contributed by atoms with E-state index < -0.39 is 5.34 Å². The van der Waals surface area contributed by atoms with Gasteiger partial charge in [-0.2, -0.15) is 0 Å². The third-order valence-corrected chi connectivity index (χ3v) is 0.0894. The van der Waals surface area contributed by atoms with Crippen LogP contribution in [-0.2, 0) is 0 Å². The predicted molar refractivity (Wildman–Crippen MR) is 26.3 cm³/mol. The summed E-state index contributed by atoms with van der Waals surface area (Å²) in [5.74, 6) is 0. The Kier molecular flexibility index (Phi) is 13.3. The smallest absolute Gasteiger partial charge is 0.0298 e. The molecule has 0 spiro atoms. The Labute approximate surface area is 48.0 Å². The lowest BCUT2D eigenvalue weighted by atomic mass is 10.6. The molecule has 52 valence electrons. The molecule has 0 rings (SSSR count). The third kappa shape index (κ3) is 41.2. The molecular formula is C3H12N2O3. The second-order valence-electron chi connectivity index (χ2n) is 1.10. The molecule has 4 N–H and O–H groups in total. The number of hydrogen-bond donors (Lipinski definition) is 4. The van der Waals surface area contributed by atoms with Crippen LogP contribution >= 0.6 is 0 Å². The van der Waals surface area contributed by atoms with Crippen LogP contribution in [0.15, 0.2) is 0 Å². The highest BCUT2D eigenvalue weighted by Gasteiger charge is 1.76. The summed E-state index contributed by atoms with van der Waals surface area (Å²) in [6.07, 6.45) is 1.25. The van der Waals surface area contributed by atoms with Crippen LogP contribution in [0.4, 0.5) is 0 Å². The highest BCUT2D eigenvalue weighted by molar-refractivity contribution is 3.92. The molecule has 0 heterocycles. The Morgan fingerprint density at radius 1 is 1.38 bits per heavy atom. The maximum atomic E-state index is 7.39. The van der Waals surface area contributed by atoms with Crippen LogP contribution in [0.5, 0.6) is 0 Å². The van der Waals surface area contributed by atoms with Gasteiger partial charge in [-0.3, -0.25) is 15.6 Å². The first-order chi connectivity index (χ1) is 3.68.